The summed E-state index contributed by atoms with van der Waals surface area (Å²) in [4.78, 5) is 28.2. The number of benzene rings is 2. The van der Waals surface area contributed by atoms with E-state index in [4.69, 9.17) is 16.9 Å². The highest BCUT2D eigenvalue weighted by Gasteiger charge is 2.23. The molecule has 0 atom stereocenters. The number of halogens is 1. The van der Waals surface area contributed by atoms with E-state index < -0.39 is 5.82 Å². The summed E-state index contributed by atoms with van der Waals surface area (Å²) in [5.74, 6) is 1.70. The maximum Gasteiger partial charge on any atom is 0.323 e. The van der Waals surface area contributed by atoms with Crippen LogP contribution in [0.25, 0.3) is 33.4 Å². The van der Waals surface area contributed by atoms with Crippen LogP contribution in [0.5, 0.6) is 11.8 Å². The van der Waals surface area contributed by atoms with Gasteiger partial charge in [-0.05, 0) is 46.9 Å². The number of aromatic nitrogens is 5. The molecule has 0 bridgehead atoms. The number of rotatable bonds is 7. The zero-order valence-electron chi connectivity index (χ0n) is 20.9. The first-order valence-electron chi connectivity index (χ1n) is 11.8. The Bertz CT molecular complexity index is 1770. The van der Waals surface area contributed by atoms with Crippen molar-refractivity contribution >= 4 is 22.8 Å². The van der Waals surface area contributed by atoms with Crippen molar-refractivity contribution in [2.45, 2.75) is 6.54 Å². The Balaban J connectivity index is 1.58. The molecule has 0 aliphatic heterocycles. The second-order valence-electron chi connectivity index (χ2n) is 8.48. The van der Waals surface area contributed by atoms with Crippen LogP contribution < -0.4 is 15.8 Å². The van der Waals surface area contributed by atoms with E-state index in [1.165, 1.54) is 30.7 Å². The Morgan fingerprint density at radius 3 is 2.67 bits per heavy atom. The van der Waals surface area contributed by atoms with Gasteiger partial charge in [0.25, 0.3) is 0 Å². The first-order valence-corrected chi connectivity index (χ1v) is 11.8. The molecule has 39 heavy (non-hydrogen) atoms. The molecule has 3 N–H and O–H groups in total. The number of amides is 1. The van der Waals surface area contributed by atoms with Crippen LogP contribution in [0, 0.1) is 18.2 Å². The lowest BCUT2D eigenvalue weighted by Gasteiger charge is -2.11. The fourth-order valence-corrected chi connectivity index (χ4v) is 4.24. The summed E-state index contributed by atoms with van der Waals surface area (Å²) in [6.45, 7) is 3.81. The predicted molar refractivity (Wildman–Crippen MR) is 146 cm³/mol. The lowest BCUT2D eigenvalue weighted by atomic mass is 9.98. The first-order chi connectivity index (χ1) is 18.9. The van der Waals surface area contributed by atoms with E-state index in [1.54, 1.807) is 12.1 Å². The number of nitrogens with zero attached hydrogens (tertiary/aromatic N) is 5. The number of fused-ring (bicyclic) bond motifs is 1. The fraction of sp³-hybridized carbons (Fsp3) is 0.0690. The van der Waals surface area contributed by atoms with Gasteiger partial charge in [0.05, 0.1) is 11.1 Å². The molecule has 9 nitrogen and oxygen atoms in total. The molecule has 3 aromatic heterocycles. The Labute approximate surface area is 223 Å². The monoisotopic (exact) mass is 519 g/mol. The van der Waals surface area contributed by atoms with Gasteiger partial charge in [-0.3, -0.25) is 4.79 Å². The lowest BCUT2D eigenvalue weighted by molar-refractivity contribution is -0.116. The van der Waals surface area contributed by atoms with E-state index in [0.29, 0.717) is 34.4 Å². The molecule has 3 heterocycles. The molecule has 5 rings (SSSR count). The standard InChI is InChI=1S/C29H22FN7O2/c1-4-20-12-13-32-29(36-20)39-22-11-10-19(14-21(22)30)24-25-27(31)34-16-35-28(25)37(3)26(24)18-8-6-17(7-9-18)15-33-23(38)5-2/h1,5-14,16H,2,15H2,3H3,(H,33,38)(H2,31,34,35). The number of hydrogen-bond acceptors (Lipinski definition) is 7. The van der Waals surface area contributed by atoms with E-state index in [1.807, 2.05) is 35.9 Å². The molecule has 0 unspecified atom stereocenters. The molecule has 0 spiro atoms. The average Bonchev–Trinajstić information content (AvgIpc) is 3.26. The number of ether oxygens (including phenoxy) is 1. The molecular weight excluding hydrogens is 497 g/mol. The summed E-state index contributed by atoms with van der Waals surface area (Å²) in [5, 5.41) is 3.34. The van der Waals surface area contributed by atoms with E-state index in [2.05, 4.69) is 37.8 Å². The van der Waals surface area contributed by atoms with Gasteiger partial charge in [-0.1, -0.05) is 36.9 Å². The van der Waals surface area contributed by atoms with Crippen LogP contribution in [0.4, 0.5) is 10.2 Å². The van der Waals surface area contributed by atoms with Crippen molar-refractivity contribution in [1.82, 2.24) is 29.8 Å². The second kappa shape index (κ2) is 10.4. The number of carbonyl (C=O) groups excluding carboxylic acids is 1. The summed E-state index contributed by atoms with van der Waals surface area (Å²) < 4.78 is 22.8. The summed E-state index contributed by atoms with van der Waals surface area (Å²) in [5.41, 5.74) is 10.9. The van der Waals surface area contributed by atoms with Gasteiger partial charge in [-0.25, -0.2) is 19.3 Å². The SMILES string of the molecule is C#Cc1ccnc(Oc2ccc(-c3c(-c4ccc(CNC(=O)C=C)cc4)n(C)c4ncnc(N)c34)cc2F)n1. The smallest absolute Gasteiger partial charge is 0.323 e. The molecule has 0 aliphatic carbocycles. The van der Waals surface area contributed by atoms with Crippen molar-refractivity contribution in [3.8, 4) is 46.5 Å². The Morgan fingerprint density at radius 2 is 1.95 bits per heavy atom. The van der Waals surface area contributed by atoms with Gasteiger partial charge < -0.3 is 20.4 Å². The largest absolute Gasteiger partial charge is 0.421 e. The quantitative estimate of drug-likeness (QED) is 0.242. The van der Waals surface area contributed by atoms with Crippen LogP contribution in [-0.4, -0.2) is 30.4 Å². The molecular formula is C29H22FN7O2. The highest BCUT2D eigenvalue weighted by Crippen LogP contribution is 2.42. The molecule has 0 radical (unpaired) electrons. The highest BCUT2D eigenvalue weighted by molar-refractivity contribution is 6.07. The molecule has 10 heteroatoms. The molecule has 2 aromatic carbocycles. The van der Waals surface area contributed by atoms with E-state index in [-0.39, 0.29) is 23.5 Å². The van der Waals surface area contributed by atoms with E-state index in [0.717, 1.165) is 16.8 Å². The molecule has 1 amide bonds. The maximum atomic E-state index is 15.3. The minimum atomic E-state index is -0.631. The molecule has 0 aliphatic rings. The number of terminal acetylenes is 1. The summed E-state index contributed by atoms with van der Waals surface area (Å²) >= 11 is 0. The van der Waals surface area contributed by atoms with Crippen molar-refractivity contribution < 1.29 is 13.9 Å². The average molecular weight is 520 g/mol. The first kappa shape index (κ1) is 25.1. The van der Waals surface area contributed by atoms with Crippen LogP contribution in [0.15, 0.2) is 73.7 Å². The van der Waals surface area contributed by atoms with Gasteiger partial charge in [0.1, 0.15) is 23.5 Å². The van der Waals surface area contributed by atoms with Gasteiger partial charge >= 0.3 is 6.01 Å². The minimum absolute atomic E-state index is 0.0648. The van der Waals surface area contributed by atoms with Crippen molar-refractivity contribution in [3.63, 3.8) is 0 Å². The second-order valence-corrected chi connectivity index (χ2v) is 8.48. The molecule has 5 aromatic rings. The summed E-state index contributed by atoms with van der Waals surface area (Å²) in [7, 11) is 1.86. The molecule has 0 fully saturated rings. The normalized spacial score (nSPS) is 10.7. The number of nitrogens with one attached hydrogen (secondary N) is 1. The third kappa shape index (κ3) is 4.89. The number of aryl methyl sites for hydroxylation is 1. The van der Waals surface area contributed by atoms with Crippen LogP contribution in [0.3, 0.4) is 0 Å². The molecule has 0 saturated heterocycles. The van der Waals surface area contributed by atoms with Gasteiger partial charge in [0, 0.05) is 25.4 Å². The van der Waals surface area contributed by atoms with Gasteiger partial charge in [0.15, 0.2) is 11.6 Å². The van der Waals surface area contributed by atoms with Crippen molar-refractivity contribution in [2.24, 2.45) is 7.05 Å². The third-order valence-corrected chi connectivity index (χ3v) is 6.08. The molecule has 0 saturated carbocycles. The zero-order chi connectivity index (χ0) is 27.5. The third-order valence-electron chi connectivity index (χ3n) is 6.08. The number of anilines is 1. The van der Waals surface area contributed by atoms with Crippen LogP contribution in [-0.2, 0) is 18.4 Å². The topological polar surface area (TPSA) is 121 Å². The van der Waals surface area contributed by atoms with Crippen LogP contribution in [0.2, 0.25) is 0 Å². The fourth-order valence-electron chi connectivity index (χ4n) is 4.24. The predicted octanol–water partition coefficient (Wildman–Crippen LogP) is 4.39. The Hall–Kier alpha value is -5.56. The van der Waals surface area contributed by atoms with Crippen LogP contribution in [0.1, 0.15) is 11.3 Å². The van der Waals surface area contributed by atoms with Crippen molar-refractivity contribution in [2.75, 3.05) is 5.73 Å². The van der Waals surface area contributed by atoms with E-state index in [9.17, 15) is 4.79 Å². The zero-order valence-corrected chi connectivity index (χ0v) is 20.9. The summed E-state index contributed by atoms with van der Waals surface area (Å²) in [6, 6.07) is 13.7. The molecule has 192 valence electrons. The van der Waals surface area contributed by atoms with Crippen molar-refractivity contribution in [1.29, 1.82) is 0 Å². The highest BCUT2D eigenvalue weighted by atomic mass is 19.1. The number of hydrogen-bond donors (Lipinski definition) is 2. The van der Waals surface area contributed by atoms with Gasteiger partial charge in [0.2, 0.25) is 5.91 Å². The van der Waals surface area contributed by atoms with E-state index >= 15 is 4.39 Å². The summed E-state index contributed by atoms with van der Waals surface area (Å²) in [6.07, 6.45) is 9.42. The lowest BCUT2D eigenvalue weighted by Crippen LogP contribution is -2.19. The Morgan fingerprint density at radius 1 is 1.18 bits per heavy atom. The van der Waals surface area contributed by atoms with Gasteiger partial charge in [-0.2, -0.15) is 4.98 Å². The number of nitrogen functional groups attached to an aromatic ring is 1. The number of carbonyl (C=O) groups is 1. The maximum absolute atomic E-state index is 15.3. The van der Waals surface area contributed by atoms with Crippen LogP contribution >= 0.6 is 0 Å². The van der Waals surface area contributed by atoms with Gasteiger partial charge in [-0.15, -0.1) is 6.42 Å². The minimum Gasteiger partial charge on any atom is -0.421 e. The Kier molecular flexibility index (Phi) is 6.72. The van der Waals surface area contributed by atoms with Crippen molar-refractivity contribution in [3.05, 3.63) is 90.8 Å². The number of nitrogens with two attached hydrogens (primary N) is 1.